The molecule has 1 aliphatic carbocycles. The monoisotopic (exact) mass is 325 g/mol. The molecule has 19 heavy (non-hydrogen) atoms. The number of hydrogen-bond acceptors (Lipinski definition) is 5. The molecule has 0 aromatic heterocycles. The van der Waals surface area contributed by atoms with E-state index in [0.717, 1.165) is 6.42 Å². The Morgan fingerprint density at radius 3 is 2.79 bits per heavy atom. The minimum atomic E-state index is -0.701. The molecule has 5 nitrogen and oxygen atoms in total. The molecule has 1 aromatic rings. The van der Waals surface area contributed by atoms with Crippen LogP contribution in [-0.4, -0.2) is 24.4 Å². The molecule has 100 valence electrons. The Morgan fingerprint density at radius 1 is 1.37 bits per heavy atom. The van der Waals surface area contributed by atoms with Crippen molar-refractivity contribution >= 4 is 22.0 Å². The van der Waals surface area contributed by atoms with Gasteiger partial charge in [0, 0.05) is 12.5 Å². The number of aromatic hydroxyl groups is 1. The van der Waals surface area contributed by atoms with Gasteiger partial charge in [-0.25, -0.2) is 4.79 Å². The summed E-state index contributed by atoms with van der Waals surface area (Å²) in [6.07, 6.45) is 3.76. The van der Waals surface area contributed by atoms with Gasteiger partial charge in [-0.1, -0.05) is 0 Å². The quantitative estimate of drug-likeness (QED) is 0.670. The maximum absolute atomic E-state index is 10.6. The summed E-state index contributed by atoms with van der Waals surface area (Å²) in [4.78, 5) is 14.5. The molecule has 2 aliphatic rings. The van der Waals surface area contributed by atoms with E-state index in [1.807, 2.05) is 0 Å². The van der Waals surface area contributed by atoms with Crippen LogP contribution in [-0.2, 0) is 10.3 Å². The van der Waals surface area contributed by atoms with Crippen molar-refractivity contribution in [1.82, 2.24) is 0 Å². The van der Waals surface area contributed by atoms with Gasteiger partial charge in [0.1, 0.15) is 11.3 Å². The molecule has 0 bridgehead atoms. The molecule has 1 N–H and O–H groups in total. The highest BCUT2D eigenvalue weighted by Crippen LogP contribution is 2.59. The van der Waals surface area contributed by atoms with Crippen LogP contribution in [0.25, 0.3) is 0 Å². The highest BCUT2D eigenvalue weighted by Gasteiger charge is 2.50. The third-order valence-electron chi connectivity index (χ3n) is 3.41. The standard InChI is InChI=1S/C13H12BrNO4/c14-8-6-9-12(19-5-1-4-18-9)10(11(8)17)13(2-3-13)15-7-16/h6,17H,1-5H2. The first-order valence-corrected chi connectivity index (χ1v) is 6.88. The van der Waals surface area contributed by atoms with Crippen molar-refractivity contribution in [2.45, 2.75) is 24.8 Å². The number of fused-ring (bicyclic) bond motifs is 1. The number of rotatable bonds is 2. The lowest BCUT2D eigenvalue weighted by molar-refractivity contribution is 0.295. The summed E-state index contributed by atoms with van der Waals surface area (Å²) < 4.78 is 11.8. The lowest BCUT2D eigenvalue weighted by atomic mass is 10.0. The second kappa shape index (κ2) is 4.54. The van der Waals surface area contributed by atoms with E-state index in [2.05, 4.69) is 20.9 Å². The van der Waals surface area contributed by atoms with Crippen molar-refractivity contribution in [3.05, 3.63) is 16.1 Å². The average molecular weight is 326 g/mol. The number of hydrogen-bond donors (Lipinski definition) is 1. The smallest absolute Gasteiger partial charge is 0.235 e. The third kappa shape index (κ3) is 2.01. The Balaban J connectivity index is 2.22. The molecular weight excluding hydrogens is 314 g/mol. The predicted molar refractivity (Wildman–Crippen MR) is 70.4 cm³/mol. The predicted octanol–water partition coefficient (Wildman–Crippen LogP) is 2.64. The van der Waals surface area contributed by atoms with Gasteiger partial charge in [-0.3, -0.25) is 0 Å². The first-order valence-electron chi connectivity index (χ1n) is 6.08. The minimum Gasteiger partial charge on any atom is -0.506 e. The third-order valence-corrected chi connectivity index (χ3v) is 4.02. The zero-order valence-electron chi connectivity index (χ0n) is 10.1. The molecule has 6 heteroatoms. The van der Waals surface area contributed by atoms with Crippen LogP contribution in [0.5, 0.6) is 17.2 Å². The number of phenols is 1. The van der Waals surface area contributed by atoms with E-state index < -0.39 is 5.54 Å². The van der Waals surface area contributed by atoms with Gasteiger partial charge in [0.2, 0.25) is 6.08 Å². The Hall–Kier alpha value is -1.52. The summed E-state index contributed by atoms with van der Waals surface area (Å²) in [6.45, 7) is 1.08. The fourth-order valence-corrected chi connectivity index (χ4v) is 2.73. The van der Waals surface area contributed by atoms with E-state index in [1.54, 1.807) is 12.1 Å². The highest BCUT2D eigenvalue weighted by molar-refractivity contribution is 9.10. The van der Waals surface area contributed by atoms with Crippen LogP contribution in [0.3, 0.4) is 0 Å². The van der Waals surface area contributed by atoms with Crippen LogP contribution in [0.4, 0.5) is 0 Å². The molecule has 0 amide bonds. The summed E-state index contributed by atoms with van der Waals surface area (Å²) >= 11 is 3.30. The Bertz CT molecular complexity index is 576. The molecule has 0 saturated heterocycles. The Morgan fingerprint density at radius 2 is 2.11 bits per heavy atom. The lowest BCUT2D eigenvalue weighted by Crippen LogP contribution is -2.08. The van der Waals surface area contributed by atoms with Gasteiger partial charge in [0.15, 0.2) is 11.5 Å². The molecule has 0 radical (unpaired) electrons. The van der Waals surface area contributed by atoms with Crippen molar-refractivity contribution in [2.24, 2.45) is 4.99 Å². The van der Waals surface area contributed by atoms with E-state index in [1.165, 1.54) is 0 Å². The van der Waals surface area contributed by atoms with Gasteiger partial charge in [0.25, 0.3) is 0 Å². The SMILES string of the molecule is O=C=NC1(c2c(O)c(Br)cc3c2OCCCO3)CC1. The molecule has 1 aliphatic heterocycles. The molecule has 0 unspecified atom stereocenters. The largest absolute Gasteiger partial charge is 0.506 e. The number of ether oxygens (including phenoxy) is 2. The van der Waals surface area contributed by atoms with Gasteiger partial charge >= 0.3 is 0 Å². The maximum Gasteiger partial charge on any atom is 0.235 e. The van der Waals surface area contributed by atoms with Gasteiger partial charge in [0.05, 0.1) is 23.2 Å². The molecule has 0 atom stereocenters. The van der Waals surface area contributed by atoms with Crippen molar-refractivity contribution in [3.8, 4) is 17.2 Å². The van der Waals surface area contributed by atoms with E-state index in [9.17, 15) is 9.90 Å². The Labute approximate surface area is 118 Å². The van der Waals surface area contributed by atoms with Gasteiger partial charge in [-0.05, 0) is 28.8 Å². The number of halogens is 1. The molecular formula is C13H12BrNO4. The van der Waals surface area contributed by atoms with Crippen molar-refractivity contribution in [1.29, 1.82) is 0 Å². The number of benzene rings is 1. The van der Waals surface area contributed by atoms with Crippen molar-refractivity contribution in [3.63, 3.8) is 0 Å². The fourth-order valence-electron chi connectivity index (χ4n) is 2.32. The molecule has 1 aromatic carbocycles. The molecule has 3 rings (SSSR count). The molecule has 0 spiro atoms. The van der Waals surface area contributed by atoms with Gasteiger partial charge in [-0.15, -0.1) is 0 Å². The zero-order chi connectivity index (χ0) is 13.5. The van der Waals surface area contributed by atoms with Crippen molar-refractivity contribution < 1.29 is 19.4 Å². The van der Waals surface area contributed by atoms with E-state index >= 15 is 0 Å². The van der Waals surface area contributed by atoms with Gasteiger partial charge < -0.3 is 14.6 Å². The lowest BCUT2D eigenvalue weighted by Gasteiger charge is -2.18. The van der Waals surface area contributed by atoms with E-state index in [-0.39, 0.29) is 5.75 Å². The van der Waals surface area contributed by atoms with Crippen LogP contribution in [0, 0.1) is 0 Å². The summed E-state index contributed by atoms with van der Waals surface area (Å²) in [6, 6.07) is 1.68. The summed E-state index contributed by atoms with van der Waals surface area (Å²) in [5, 5.41) is 10.3. The number of aliphatic imine (C=N–C) groups is 1. The maximum atomic E-state index is 10.6. The summed E-state index contributed by atoms with van der Waals surface area (Å²) in [5.41, 5.74) is -0.171. The zero-order valence-corrected chi connectivity index (χ0v) is 11.7. The van der Waals surface area contributed by atoms with Crippen LogP contribution >= 0.6 is 15.9 Å². The van der Waals surface area contributed by atoms with Gasteiger partial charge in [-0.2, -0.15) is 4.99 Å². The first-order chi connectivity index (χ1) is 9.18. The van der Waals surface area contributed by atoms with Crippen LogP contribution in [0.2, 0.25) is 0 Å². The van der Waals surface area contributed by atoms with Crippen LogP contribution in [0.1, 0.15) is 24.8 Å². The molecule has 1 saturated carbocycles. The highest BCUT2D eigenvalue weighted by atomic mass is 79.9. The second-order valence-electron chi connectivity index (χ2n) is 4.69. The fraction of sp³-hybridized carbons (Fsp3) is 0.462. The number of phenolic OH excluding ortho intramolecular Hbond substituents is 1. The number of isocyanates is 1. The normalized spacial score (nSPS) is 19.2. The van der Waals surface area contributed by atoms with Crippen LogP contribution in [0.15, 0.2) is 15.5 Å². The average Bonchev–Trinajstić information content (AvgIpc) is 3.16. The number of carbonyl (C=O) groups excluding carboxylic acids is 1. The number of nitrogens with zero attached hydrogens (tertiary/aromatic N) is 1. The van der Waals surface area contributed by atoms with E-state index in [4.69, 9.17) is 9.47 Å². The molecule has 1 heterocycles. The summed E-state index contributed by atoms with van der Waals surface area (Å²) in [7, 11) is 0. The minimum absolute atomic E-state index is 0.0563. The second-order valence-corrected chi connectivity index (χ2v) is 5.55. The molecule has 1 fully saturated rings. The topological polar surface area (TPSA) is 68.1 Å². The van der Waals surface area contributed by atoms with Crippen LogP contribution < -0.4 is 9.47 Å². The van der Waals surface area contributed by atoms with E-state index in [0.29, 0.717) is 47.6 Å². The summed E-state index contributed by atoms with van der Waals surface area (Å²) in [5.74, 6) is 1.12. The Kier molecular flexibility index (Phi) is 2.99. The first kappa shape index (κ1) is 12.5. The van der Waals surface area contributed by atoms with Crippen molar-refractivity contribution in [2.75, 3.05) is 13.2 Å².